The molecular formula is C26H29Cl2FN6O3. The smallest absolute Gasteiger partial charge is 0.324 e. The number of urea groups is 1. The third-order valence-corrected chi connectivity index (χ3v) is 6.69. The van der Waals surface area contributed by atoms with Gasteiger partial charge in [-0.25, -0.2) is 9.18 Å². The van der Waals surface area contributed by atoms with Crippen LogP contribution in [0.3, 0.4) is 0 Å². The highest BCUT2D eigenvalue weighted by atomic mass is 35.5. The lowest BCUT2D eigenvalue weighted by molar-refractivity contribution is 0.0595. The van der Waals surface area contributed by atoms with Crippen LogP contribution in [0.15, 0.2) is 36.7 Å². The Hall–Kier alpha value is -3.37. The Morgan fingerprint density at radius 2 is 1.71 bits per heavy atom. The highest BCUT2D eigenvalue weighted by Gasteiger charge is 2.27. The number of hydrogen-bond acceptors (Lipinski definition) is 5. The molecule has 12 heteroatoms. The van der Waals surface area contributed by atoms with E-state index in [9.17, 15) is 14.0 Å². The molecule has 3 amide bonds. The molecule has 0 spiro atoms. The molecule has 9 nitrogen and oxygen atoms in total. The first-order valence-electron chi connectivity index (χ1n) is 12.1. The van der Waals surface area contributed by atoms with Crippen molar-refractivity contribution < 1.29 is 18.7 Å². The van der Waals surface area contributed by atoms with E-state index in [4.69, 9.17) is 27.9 Å². The number of carbonyl (C=O) groups excluding carboxylic acids is 2. The van der Waals surface area contributed by atoms with Crippen LogP contribution >= 0.6 is 23.2 Å². The van der Waals surface area contributed by atoms with Crippen LogP contribution in [0.2, 0.25) is 10.0 Å². The highest BCUT2D eigenvalue weighted by Crippen LogP contribution is 2.28. The van der Waals surface area contributed by atoms with E-state index < -0.39 is 11.8 Å². The summed E-state index contributed by atoms with van der Waals surface area (Å²) in [5, 5.41) is 10.2. The maximum atomic E-state index is 14.3. The van der Waals surface area contributed by atoms with Crippen molar-refractivity contribution >= 4 is 46.6 Å². The van der Waals surface area contributed by atoms with Crippen molar-refractivity contribution in [3.05, 3.63) is 63.8 Å². The summed E-state index contributed by atoms with van der Waals surface area (Å²) in [6, 6.07) is 5.28. The van der Waals surface area contributed by atoms with Crippen molar-refractivity contribution in [3.8, 4) is 5.75 Å². The Balaban J connectivity index is 1.35. The molecule has 0 saturated carbocycles. The molecule has 1 saturated heterocycles. The van der Waals surface area contributed by atoms with Crippen LogP contribution in [-0.2, 0) is 12.5 Å². The third kappa shape index (κ3) is 6.54. The molecule has 38 heavy (non-hydrogen) atoms. The number of nitrogens with one attached hydrogen (secondary N) is 2. The number of rotatable bonds is 5. The molecule has 0 radical (unpaired) electrons. The third-order valence-electron chi connectivity index (χ3n) is 6.12. The van der Waals surface area contributed by atoms with Crippen molar-refractivity contribution in [3.63, 3.8) is 0 Å². The monoisotopic (exact) mass is 562 g/mol. The molecule has 3 heterocycles. The molecule has 0 unspecified atom stereocenters. The molecule has 2 aromatic heterocycles. The van der Waals surface area contributed by atoms with Gasteiger partial charge in [-0.05, 0) is 6.07 Å². The van der Waals surface area contributed by atoms with Crippen LogP contribution in [0.1, 0.15) is 49.7 Å². The zero-order valence-electron chi connectivity index (χ0n) is 21.5. The summed E-state index contributed by atoms with van der Waals surface area (Å²) in [4.78, 5) is 31.0. The van der Waals surface area contributed by atoms with Gasteiger partial charge in [0.15, 0.2) is 0 Å². The summed E-state index contributed by atoms with van der Waals surface area (Å²) in [5.41, 5.74) is 1.12. The van der Waals surface area contributed by atoms with Crippen molar-refractivity contribution in [2.75, 3.05) is 23.7 Å². The van der Waals surface area contributed by atoms with Gasteiger partial charge in [0.1, 0.15) is 23.5 Å². The quantitative estimate of drug-likeness (QED) is 0.404. The van der Waals surface area contributed by atoms with Gasteiger partial charge in [-0.2, -0.15) is 5.10 Å². The zero-order chi connectivity index (χ0) is 27.6. The molecule has 2 N–H and O–H groups in total. The van der Waals surface area contributed by atoms with Crippen LogP contribution in [0, 0.1) is 5.82 Å². The van der Waals surface area contributed by atoms with Gasteiger partial charge < -0.3 is 15.0 Å². The van der Waals surface area contributed by atoms with Crippen molar-refractivity contribution in [2.45, 2.75) is 45.1 Å². The highest BCUT2D eigenvalue weighted by molar-refractivity contribution is 6.39. The number of aromatic nitrogens is 3. The molecule has 1 aliphatic heterocycles. The van der Waals surface area contributed by atoms with Gasteiger partial charge in [-0.3, -0.25) is 19.8 Å². The van der Waals surface area contributed by atoms with Gasteiger partial charge in [0.2, 0.25) is 0 Å². The molecule has 4 rings (SSSR count). The Bertz CT molecular complexity index is 1330. The Morgan fingerprint density at radius 3 is 2.32 bits per heavy atom. The minimum atomic E-state index is -0.553. The van der Waals surface area contributed by atoms with E-state index in [2.05, 4.69) is 20.7 Å². The fourth-order valence-corrected chi connectivity index (χ4v) is 4.60. The predicted molar refractivity (Wildman–Crippen MR) is 145 cm³/mol. The lowest BCUT2D eigenvalue weighted by Crippen LogP contribution is -2.42. The van der Waals surface area contributed by atoms with Crippen molar-refractivity contribution in [2.24, 2.45) is 7.05 Å². The number of amides is 3. The van der Waals surface area contributed by atoms with E-state index in [-0.39, 0.29) is 44.5 Å². The van der Waals surface area contributed by atoms with Gasteiger partial charge in [0.05, 0.1) is 21.3 Å². The number of pyridine rings is 1. The summed E-state index contributed by atoms with van der Waals surface area (Å²) < 4.78 is 21.9. The minimum absolute atomic E-state index is 0.175. The fourth-order valence-electron chi connectivity index (χ4n) is 4.08. The fraction of sp³-hybridized carbons (Fsp3) is 0.385. The number of hydrogen-bond donors (Lipinski definition) is 2. The molecule has 1 fully saturated rings. The van der Waals surface area contributed by atoms with E-state index >= 15 is 0 Å². The topological polar surface area (TPSA) is 101 Å². The van der Waals surface area contributed by atoms with E-state index in [1.54, 1.807) is 28.8 Å². The van der Waals surface area contributed by atoms with Crippen LogP contribution < -0.4 is 15.4 Å². The first-order valence-corrected chi connectivity index (χ1v) is 12.8. The summed E-state index contributed by atoms with van der Waals surface area (Å²) in [7, 11) is 1.73. The number of piperidine rings is 1. The number of anilines is 2. The molecule has 0 aliphatic carbocycles. The summed E-state index contributed by atoms with van der Waals surface area (Å²) in [5.74, 6) is -0.0353. The maximum absolute atomic E-state index is 14.3. The Labute approximate surface area is 230 Å². The summed E-state index contributed by atoms with van der Waals surface area (Å²) >= 11 is 12.2. The first-order chi connectivity index (χ1) is 17.9. The largest absolute Gasteiger partial charge is 0.490 e. The Morgan fingerprint density at radius 1 is 1.05 bits per heavy atom. The van der Waals surface area contributed by atoms with Gasteiger partial charge in [-0.15, -0.1) is 0 Å². The van der Waals surface area contributed by atoms with Crippen LogP contribution in [0.4, 0.5) is 20.7 Å². The van der Waals surface area contributed by atoms with Crippen molar-refractivity contribution in [1.82, 2.24) is 19.7 Å². The van der Waals surface area contributed by atoms with Gasteiger partial charge in [0, 0.05) is 74.7 Å². The second-order valence-corrected chi connectivity index (χ2v) is 10.9. The Kier molecular flexibility index (Phi) is 8.13. The van der Waals surface area contributed by atoms with E-state index in [0.29, 0.717) is 31.7 Å². The summed E-state index contributed by atoms with van der Waals surface area (Å²) in [6.07, 6.45) is 3.58. The zero-order valence-corrected chi connectivity index (χ0v) is 23.0. The molecular weight excluding hydrogens is 534 g/mol. The molecule has 1 aromatic carbocycles. The average molecular weight is 563 g/mol. The van der Waals surface area contributed by atoms with E-state index in [1.165, 1.54) is 24.5 Å². The molecule has 0 bridgehead atoms. The van der Waals surface area contributed by atoms with Crippen LogP contribution in [0.5, 0.6) is 5.75 Å². The SMILES string of the molecule is Cn1nc(C(C)(C)C)cc1NC(=O)Nc1cc(F)cc(OC2CCN(C(=O)c3c(Cl)cncc3Cl)CC2)c1. The van der Waals surface area contributed by atoms with Crippen LogP contribution in [-0.4, -0.2) is 50.8 Å². The standard InChI is InChI=1S/C26H29Cl2FN6O3/c1-26(2,3)21-12-22(34(4)33-21)32-25(37)31-16-9-15(29)10-18(11-16)38-17-5-7-35(8-6-17)24(36)23-19(27)13-30-14-20(23)28/h9-14,17H,5-8H2,1-4H3,(H2,31,32,37). The van der Waals surface area contributed by atoms with E-state index in [1.807, 2.05) is 20.8 Å². The molecule has 3 aromatic rings. The summed E-state index contributed by atoms with van der Waals surface area (Å²) in [6.45, 7) is 6.93. The second kappa shape index (κ2) is 11.2. The lowest BCUT2D eigenvalue weighted by atomic mass is 9.92. The lowest BCUT2D eigenvalue weighted by Gasteiger charge is -2.32. The average Bonchev–Trinajstić information content (AvgIpc) is 3.19. The second-order valence-electron chi connectivity index (χ2n) is 10.1. The number of nitrogens with zero attached hydrogens (tertiary/aromatic N) is 4. The number of halogens is 3. The number of aryl methyl sites for hydroxylation is 1. The normalized spacial score (nSPS) is 14.3. The van der Waals surface area contributed by atoms with Gasteiger partial charge >= 0.3 is 6.03 Å². The van der Waals surface area contributed by atoms with Gasteiger partial charge in [0.25, 0.3) is 5.91 Å². The molecule has 202 valence electrons. The maximum Gasteiger partial charge on any atom is 0.324 e. The number of likely N-dealkylation sites (tertiary alicyclic amines) is 1. The minimum Gasteiger partial charge on any atom is -0.490 e. The van der Waals surface area contributed by atoms with Gasteiger partial charge in [-0.1, -0.05) is 44.0 Å². The molecule has 0 atom stereocenters. The number of benzene rings is 1. The first kappa shape index (κ1) is 27.7. The van der Waals surface area contributed by atoms with E-state index in [0.717, 1.165) is 5.69 Å². The van der Waals surface area contributed by atoms with Crippen molar-refractivity contribution in [1.29, 1.82) is 0 Å². The predicted octanol–water partition coefficient (Wildman–Crippen LogP) is 5.89. The molecule has 1 aliphatic rings. The number of ether oxygens (including phenoxy) is 1. The van der Waals surface area contributed by atoms with Crippen LogP contribution in [0.25, 0.3) is 0 Å². The number of carbonyl (C=O) groups is 2.